The van der Waals surface area contributed by atoms with Gasteiger partial charge in [-0.1, -0.05) is 11.6 Å². The number of hydrogen-bond donors (Lipinski definition) is 1. The summed E-state index contributed by atoms with van der Waals surface area (Å²) in [4.78, 5) is 24.4. The van der Waals surface area contributed by atoms with E-state index in [0.29, 0.717) is 23.5 Å². The standard InChI is InChI=1S/C8H9N3OS.C8H8N2OS.C7H5ClN2S.CH3O.Na/c1-12-8-7-6(10-4-11-8)5(2-9)3-13-7;1-5-3-12-7-6(5)9-4-10-8(7)11-2;1-4-2-11-6-5(4)9-3-10-7(6)8;1-2;/h3-4H,2,9H2,1H3;3-4H,1-2H3;2-3H,1H3;1H3;/q;;;-1;+1. The molecule has 0 saturated heterocycles. The number of fused-ring (bicyclic) bond motifs is 3. The van der Waals surface area contributed by atoms with Crippen molar-refractivity contribution in [3.63, 3.8) is 0 Å². The van der Waals surface area contributed by atoms with Gasteiger partial charge in [0, 0.05) is 12.1 Å². The number of rotatable bonds is 3. The van der Waals surface area contributed by atoms with Crippen LogP contribution in [0, 0.1) is 13.8 Å². The fraction of sp³-hybridized carbons (Fsp3) is 0.250. The molecule has 0 spiro atoms. The van der Waals surface area contributed by atoms with E-state index in [-0.39, 0.29) is 29.6 Å². The number of aromatic nitrogens is 6. The third kappa shape index (κ3) is 7.78. The van der Waals surface area contributed by atoms with Crippen molar-refractivity contribution < 1.29 is 44.1 Å². The van der Waals surface area contributed by atoms with Gasteiger partial charge in [0.25, 0.3) is 0 Å². The van der Waals surface area contributed by atoms with Gasteiger partial charge in [0.1, 0.15) is 33.5 Å². The Morgan fingerprint density at radius 3 is 1.67 bits per heavy atom. The fourth-order valence-corrected chi connectivity index (χ4v) is 6.32. The van der Waals surface area contributed by atoms with Crippen LogP contribution in [0.2, 0.25) is 5.15 Å². The van der Waals surface area contributed by atoms with Gasteiger partial charge in [0.15, 0.2) is 0 Å². The van der Waals surface area contributed by atoms with Crippen LogP contribution in [-0.4, -0.2) is 51.2 Å². The van der Waals surface area contributed by atoms with Crippen LogP contribution in [0.5, 0.6) is 11.8 Å². The average molecular weight is 614 g/mol. The molecule has 0 saturated carbocycles. The molecule has 0 aliphatic carbocycles. The summed E-state index contributed by atoms with van der Waals surface area (Å²) >= 11 is 10.6. The summed E-state index contributed by atoms with van der Waals surface area (Å²) in [6, 6.07) is 0. The Morgan fingerprint density at radius 2 is 1.15 bits per heavy atom. The van der Waals surface area contributed by atoms with Crippen LogP contribution in [0.15, 0.2) is 35.1 Å². The predicted molar refractivity (Wildman–Crippen MR) is 154 cm³/mol. The van der Waals surface area contributed by atoms with E-state index < -0.39 is 0 Å². The quantitative estimate of drug-likeness (QED) is 0.232. The zero-order chi connectivity index (χ0) is 27.7. The Hall–Kier alpha value is -2.07. The molecule has 2 N–H and O–H groups in total. The molecule has 15 heteroatoms. The van der Waals surface area contributed by atoms with Gasteiger partial charge in [-0.05, 0) is 41.1 Å². The number of nitrogens with two attached hydrogens (primary N) is 1. The van der Waals surface area contributed by atoms with E-state index in [0.717, 1.165) is 48.9 Å². The van der Waals surface area contributed by atoms with E-state index in [4.69, 9.17) is 31.9 Å². The van der Waals surface area contributed by atoms with Crippen LogP contribution >= 0.6 is 45.6 Å². The minimum atomic E-state index is 0. The maximum Gasteiger partial charge on any atom is 1.00 e. The molecule has 0 aliphatic heterocycles. The van der Waals surface area contributed by atoms with Gasteiger partial charge >= 0.3 is 29.6 Å². The normalized spacial score (nSPS) is 9.95. The van der Waals surface area contributed by atoms with Crippen LogP contribution in [-0.2, 0) is 6.54 Å². The molecule has 0 amide bonds. The molecule has 0 atom stereocenters. The zero-order valence-electron chi connectivity index (χ0n) is 22.3. The molecular formula is C24H25ClN7NaO3S3. The minimum Gasteiger partial charge on any atom is -0.857 e. The summed E-state index contributed by atoms with van der Waals surface area (Å²) < 4.78 is 13.2. The Kier molecular flexibility index (Phi) is 13.8. The zero-order valence-corrected chi connectivity index (χ0v) is 27.5. The molecule has 6 heterocycles. The number of aryl methyl sites for hydroxylation is 2. The van der Waals surface area contributed by atoms with E-state index in [1.807, 2.05) is 24.6 Å². The number of nitrogens with zero attached hydrogens (tertiary/aromatic N) is 6. The van der Waals surface area contributed by atoms with Crippen molar-refractivity contribution in [1.82, 2.24) is 29.9 Å². The summed E-state index contributed by atoms with van der Waals surface area (Å²) in [7, 11) is 3.97. The average Bonchev–Trinajstić information content (AvgIpc) is 3.68. The van der Waals surface area contributed by atoms with Gasteiger partial charge in [-0.3, -0.25) is 0 Å². The minimum absolute atomic E-state index is 0. The van der Waals surface area contributed by atoms with Gasteiger partial charge in [-0.15, -0.1) is 34.0 Å². The van der Waals surface area contributed by atoms with Crippen LogP contribution in [0.1, 0.15) is 16.7 Å². The Balaban J connectivity index is 0.000000197. The summed E-state index contributed by atoms with van der Waals surface area (Å²) in [5, 5.41) is 14.9. The molecule has 0 aliphatic rings. The number of methoxy groups -OCH3 is 2. The van der Waals surface area contributed by atoms with Crippen molar-refractivity contribution in [2.24, 2.45) is 5.73 Å². The Morgan fingerprint density at radius 1 is 0.718 bits per heavy atom. The number of thiophene rings is 3. The van der Waals surface area contributed by atoms with Gasteiger partial charge < -0.3 is 20.3 Å². The first kappa shape index (κ1) is 33.1. The maximum atomic E-state index is 8.25. The summed E-state index contributed by atoms with van der Waals surface area (Å²) in [6.07, 6.45) is 4.51. The third-order valence-corrected chi connectivity index (χ3v) is 8.56. The van der Waals surface area contributed by atoms with Crippen molar-refractivity contribution in [2.45, 2.75) is 20.4 Å². The van der Waals surface area contributed by atoms with E-state index in [9.17, 15) is 0 Å². The van der Waals surface area contributed by atoms with Crippen molar-refractivity contribution in [1.29, 1.82) is 0 Å². The SMILES string of the molecule is COc1ncnc2c(C)csc12.COc1ncnc2c(CN)csc12.C[O-].Cc1csc2c(Cl)ncnc12.[Na+]. The summed E-state index contributed by atoms with van der Waals surface area (Å²) in [6.45, 7) is 4.55. The van der Waals surface area contributed by atoms with E-state index in [2.05, 4.69) is 35.3 Å². The molecule has 0 unspecified atom stereocenters. The van der Waals surface area contributed by atoms with Crippen molar-refractivity contribution >= 4 is 76.3 Å². The monoisotopic (exact) mass is 613 g/mol. The first-order chi connectivity index (χ1) is 18.5. The number of ether oxygens (including phenoxy) is 2. The van der Waals surface area contributed by atoms with Gasteiger partial charge in [-0.25, -0.2) is 29.9 Å². The molecule has 6 aromatic rings. The summed E-state index contributed by atoms with van der Waals surface area (Å²) in [5.74, 6) is 1.28. The third-order valence-electron chi connectivity index (χ3n) is 4.99. The molecule has 39 heavy (non-hydrogen) atoms. The topological polar surface area (TPSA) is 145 Å². The molecule has 0 aromatic carbocycles. The van der Waals surface area contributed by atoms with Crippen LogP contribution < -0.4 is 49.9 Å². The Labute approximate surface area is 264 Å². The molecule has 0 radical (unpaired) electrons. The first-order valence-corrected chi connectivity index (χ1v) is 13.9. The molecule has 0 bridgehead atoms. The number of hydrogen-bond acceptors (Lipinski definition) is 13. The van der Waals surface area contributed by atoms with Crippen LogP contribution in [0.4, 0.5) is 0 Å². The molecule has 10 nitrogen and oxygen atoms in total. The van der Waals surface area contributed by atoms with E-state index in [1.165, 1.54) is 24.5 Å². The smallest absolute Gasteiger partial charge is 0.857 e. The van der Waals surface area contributed by atoms with Crippen LogP contribution in [0.25, 0.3) is 30.6 Å². The molecule has 6 aromatic heterocycles. The summed E-state index contributed by atoms with van der Waals surface area (Å²) in [5.41, 5.74) is 11.8. The first-order valence-electron chi connectivity index (χ1n) is 10.9. The van der Waals surface area contributed by atoms with E-state index >= 15 is 0 Å². The predicted octanol–water partition coefficient (Wildman–Crippen LogP) is 1.80. The van der Waals surface area contributed by atoms with Gasteiger partial charge in [-0.2, -0.15) is 7.11 Å². The van der Waals surface area contributed by atoms with Gasteiger partial charge in [0.2, 0.25) is 11.8 Å². The molecule has 0 fully saturated rings. The largest absolute Gasteiger partial charge is 1.00 e. The van der Waals surface area contributed by atoms with Crippen molar-refractivity contribution in [3.05, 3.63) is 57.0 Å². The second kappa shape index (κ2) is 16.3. The van der Waals surface area contributed by atoms with Gasteiger partial charge in [0.05, 0.1) is 35.5 Å². The number of halogens is 1. The van der Waals surface area contributed by atoms with Crippen molar-refractivity contribution in [3.8, 4) is 11.8 Å². The second-order valence-corrected chi connectivity index (χ2v) is 10.3. The maximum absolute atomic E-state index is 8.25. The Bertz CT molecular complexity index is 1630. The fourth-order valence-electron chi connectivity index (χ4n) is 3.20. The van der Waals surface area contributed by atoms with Crippen molar-refractivity contribution in [2.75, 3.05) is 21.3 Å². The second-order valence-electron chi connectivity index (χ2n) is 7.27. The van der Waals surface area contributed by atoms with Crippen LogP contribution in [0.3, 0.4) is 0 Å². The molecule has 200 valence electrons. The molecule has 6 rings (SSSR count). The molecular weight excluding hydrogens is 589 g/mol. The van der Waals surface area contributed by atoms with E-state index in [1.54, 1.807) is 48.2 Å².